The number of hydrogen-bond acceptors (Lipinski definition) is 6. The molecule has 0 saturated carbocycles. The van der Waals surface area contributed by atoms with E-state index in [-0.39, 0.29) is 29.4 Å². The lowest BCUT2D eigenvalue weighted by molar-refractivity contribution is 0.0828. The van der Waals surface area contributed by atoms with Gasteiger partial charge in [0.25, 0.3) is 5.56 Å². The number of nitrogens with zero attached hydrogens (tertiary/aromatic N) is 3. The molecule has 5 rings (SSSR count). The second-order valence-corrected chi connectivity index (χ2v) is 10.2. The number of benzene rings is 2. The topological polar surface area (TPSA) is 79.6 Å². The highest BCUT2D eigenvalue weighted by atomic mass is 19.1. The molecule has 0 unspecified atom stereocenters. The normalized spacial score (nSPS) is 18.5. The molecule has 0 radical (unpaired) electrons. The maximum atomic E-state index is 15.0. The number of aliphatic hydroxyl groups excluding tert-OH is 1. The molecular formula is C28H35FN4O3. The van der Waals surface area contributed by atoms with E-state index < -0.39 is 0 Å². The van der Waals surface area contributed by atoms with Crippen LogP contribution in [0, 0.1) is 12.7 Å². The number of para-hydroxylation sites is 1. The highest BCUT2D eigenvalue weighted by Crippen LogP contribution is 2.35. The summed E-state index contributed by atoms with van der Waals surface area (Å²) in [5.74, 6) is 0.695. The Balaban J connectivity index is 1.55. The molecule has 2 N–H and O–H groups in total. The molecule has 3 aromatic rings. The van der Waals surface area contributed by atoms with E-state index in [1.807, 2.05) is 30.9 Å². The van der Waals surface area contributed by atoms with Gasteiger partial charge in [-0.2, -0.15) is 0 Å². The van der Waals surface area contributed by atoms with Gasteiger partial charge >= 0.3 is 0 Å². The number of fused-ring (bicyclic) bond motifs is 1. The van der Waals surface area contributed by atoms with Crippen molar-refractivity contribution in [3.05, 3.63) is 63.5 Å². The number of rotatable bonds is 5. The minimum atomic E-state index is -0.333. The Hall–Kier alpha value is -2.97. The average Bonchev–Trinajstić information content (AvgIpc) is 2.87. The lowest BCUT2D eigenvalue weighted by Gasteiger charge is -2.33. The van der Waals surface area contributed by atoms with Gasteiger partial charge in [-0.3, -0.25) is 9.36 Å². The number of anilines is 2. The summed E-state index contributed by atoms with van der Waals surface area (Å²) in [6, 6.07) is 8.82. The Kier molecular flexibility index (Phi) is 6.99. The Labute approximate surface area is 210 Å². The van der Waals surface area contributed by atoms with E-state index in [1.54, 1.807) is 17.7 Å². The zero-order valence-electron chi connectivity index (χ0n) is 21.3. The number of nitrogens with one attached hydrogen (secondary N) is 1. The first-order valence-electron chi connectivity index (χ1n) is 12.9. The first kappa shape index (κ1) is 24.7. The van der Waals surface area contributed by atoms with Crippen LogP contribution in [-0.2, 0) is 11.8 Å². The molecule has 8 heteroatoms. The lowest BCUT2D eigenvalue weighted by Crippen LogP contribution is -2.36. The monoisotopic (exact) mass is 494 g/mol. The molecule has 2 fully saturated rings. The summed E-state index contributed by atoms with van der Waals surface area (Å²) in [7, 11) is 1.80. The lowest BCUT2D eigenvalue weighted by atomic mass is 9.97. The Morgan fingerprint density at radius 1 is 1.17 bits per heavy atom. The van der Waals surface area contributed by atoms with E-state index >= 15 is 4.39 Å². The summed E-state index contributed by atoms with van der Waals surface area (Å²) in [6.07, 6.45) is 2.60. The van der Waals surface area contributed by atoms with E-state index in [9.17, 15) is 9.90 Å². The smallest absolute Gasteiger partial charge is 0.261 e. The molecule has 36 heavy (non-hydrogen) atoms. The molecule has 2 aliphatic heterocycles. The van der Waals surface area contributed by atoms with Gasteiger partial charge < -0.3 is 20.1 Å². The van der Waals surface area contributed by atoms with Crippen LogP contribution >= 0.6 is 0 Å². The van der Waals surface area contributed by atoms with Crippen molar-refractivity contribution in [2.45, 2.75) is 57.6 Å². The molecule has 2 aliphatic rings. The molecule has 0 amide bonds. The van der Waals surface area contributed by atoms with Gasteiger partial charge in [-0.25, -0.2) is 9.37 Å². The summed E-state index contributed by atoms with van der Waals surface area (Å²) in [5.41, 5.74) is 3.77. The van der Waals surface area contributed by atoms with Crippen LogP contribution in [0.15, 0.2) is 35.1 Å². The van der Waals surface area contributed by atoms with Crippen molar-refractivity contribution in [1.82, 2.24) is 9.55 Å². The van der Waals surface area contributed by atoms with E-state index in [1.165, 1.54) is 6.07 Å². The largest absolute Gasteiger partial charge is 0.393 e. The van der Waals surface area contributed by atoms with Gasteiger partial charge in [0.1, 0.15) is 11.6 Å². The van der Waals surface area contributed by atoms with Gasteiger partial charge in [0.05, 0.1) is 34.4 Å². The predicted molar refractivity (Wildman–Crippen MR) is 140 cm³/mol. The minimum absolute atomic E-state index is 0.0445. The summed E-state index contributed by atoms with van der Waals surface area (Å²) in [4.78, 5) is 20.5. The molecule has 0 bridgehead atoms. The number of halogens is 1. The van der Waals surface area contributed by atoms with E-state index in [0.717, 1.165) is 29.8 Å². The molecule has 2 aromatic carbocycles. The summed E-state index contributed by atoms with van der Waals surface area (Å²) >= 11 is 0. The maximum absolute atomic E-state index is 15.0. The molecule has 2 saturated heterocycles. The van der Waals surface area contributed by atoms with Crippen molar-refractivity contribution in [1.29, 1.82) is 0 Å². The fraction of sp³-hybridized carbons (Fsp3) is 0.500. The average molecular weight is 495 g/mol. The fourth-order valence-electron chi connectivity index (χ4n) is 5.57. The number of ether oxygens (including phenoxy) is 1. The quantitative estimate of drug-likeness (QED) is 0.547. The second kappa shape index (κ2) is 10.2. The molecule has 7 nitrogen and oxygen atoms in total. The highest BCUT2D eigenvalue weighted by Gasteiger charge is 2.25. The number of aryl methyl sites for hydroxylation is 1. The Morgan fingerprint density at radius 3 is 2.61 bits per heavy atom. The van der Waals surface area contributed by atoms with Crippen molar-refractivity contribution < 1.29 is 14.2 Å². The molecule has 192 valence electrons. The van der Waals surface area contributed by atoms with Gasteiger partial charge in [-0.15, -0.1) is 0 Å². The standard InChI is InChI=1S/C28H35FN4O3/c1-17-15-21(25-22(16-17)28(35)32(3)27(31-25)19-9-13-36-14-10-19)18(2)30-24-6-4-5-23(29)26(24)33-11-7-20(34)8-12-33/h4-6,15-16,18-20,30,34H,7-14H2,1-3H3/t18-/m1/s1. The molecule has 0 spiro atoms. The number of aliphatic hydroxyl groups is 1. The third-order valence-corrected chi connectivity index (χ3v) is 7.58. The first-order valence-corrected chi connectivity index (χ1v) is 12.9. The highest BCUT2D eigenvalue weighted by molar-refractivity contribution is 5.83. The van der Waals surface area contributed by atoms with Crippen LogP contribution in [-0.4, -0.2) is 47.1 Å². The first-order chi connectivity index (χ1) is 17.3. The van der Waals surface area contributed by atoms with Crippen LogP contribution in [0.25, 0.3) is 10.9 Å². The van der Waals surface area contributed by atoms with Crippen LogP contribution in [0.4, 0.5) is 15.8 Å². The number of hydrogen-bond donors (Lipinski definition) is 2. The van der Waals surface area contributed by atoms with Crippen molar-refractivity contribution in [2.24, 2.45) is 7.05 Å². The van der Waals surface area contributed by atoms with Crippen molar-refractivity contribution in [3.8, 4) is 0 Å². The van der Waals surface area contributed by atoms with Crippen LogP contribution in [0.3, 0.4) is 0 Å². The molecule has 3 heterocycles. The minimum Gasteiger partial charge on any atom is -0.393 e. The summed E-state index contributed by atoms with van der Waals surface area (Å²) in [6.45, 7) is 6.56. The van der Waals surface area contributed by atoms with Crippen LogP contribution < -0.4 is 15.8 Å². The van der Waals surface area contributed by atoms with Crippen LogP contribution in [0.2, 0.25) is 0 Å². The zero-order valence-corrected chi connectivity index (χ0v) is 21.3. The van der Waals surface area contributed by atoms with Crippen molar-refractivity contribution in [3.63, 3.8) is 0 Å². The number of piperidine rings is 1. The van der Waals surface area contributed by atoms with Gasteiger partial charge in [0, 0.05) is 44.8 Å². The zero-order chi connectivity index (χ0) is 25.4. The predicted octanol–water partition coefficient (Wildman–Crippen LogP) is 4.41. The third kappa shape index (κ3) is 4.72. The fourth-order valence-corrected chi connectivity index (χ4v) is 5.57. The molecule has 1 atom stereocenters. The van der Waals surface area contributed by atoms with E-state index in [4.69, 9.17) is 9.72 Å². The molecular weight excluding hydrogens is 459 g/mol. The van der Waals surface area contributed by atoms with Crippen molar-refractivity contribution >= 4 is 22.3 Å². The van der Waals surface area contributed by atoms with E-state index in [2.05, 4.69) is 11.4 Å². The Bertz CT molecular complexity index is 1310. The van der Waals surface area contributed by atoms with Gasteiger partial charge in [-0.05, 0) is 63.3 Å². The molecule has 0 aliphatic carbocycles. The summed E-state index contributed by atoms with van der Waals surface area (Å²) in [5, 5.41) is 14.0. The Morgan fingerprint density at radius 2 is 1.89 bits per heavy atom. The molecule has 1 aromatic heterocycles. The maximum Gasteiger partial charge on any atom is 0.261 e. The van der Waals surface area contributed by atoms with E-state index in [0.29, 0.717) is 61.4 Å². The van der Waals surface area contributed by atoms with Gasteiger partial charge in [-0.1, -0.05) is 12.1 Å². The van der Waals surface area contributed by atoms with Crippen LogP contribution in [0.5, 0.6) is 0 Å². The number of aromatic nitrogens is 2. The SMILES string of the molecule is Cc1cc([C@@H](C)Nc2cccc(F)c2N2CCC(O)CC2)c2nc(C3CCOCC3)n(C)c(=O)c2c1. The second-order valence-electron chi connectivity index (χ2n) is 10.2. The van der Waals surface area contributed by atoms with Gasteiger partial charge in [0.2, 0.25) is 0 Å². The third-order valence-electron chi connectivity index (χ3n) is 7.58. The summed E-state index contributed by atoms with van der Waals surface area (Å²) < 4.78 is 22.3. The van der Waals surface area contributed by atoms with Crippen molar-refractivity contribution in [2.75, 3.05) is 36.5 Å². The van der Waals surface area contributed by atoms with Crippen LogP contribution in [0.1, 0.15) is 61.5 Å². The van der Waals surface area contributed by atoms with Gasteiger partial charge in [0.15, 0.2) is 0 Å².